The Morgan fingerprint density at radius 3 is 1.07 bits per heavy atom. The molecule has 0 saturated carbocycles. The van der Waals surface area contributed by atoms with Crippen LogP contribution in [0.5, 0.6) is 0 Å². The summed E-state index contributed by atoms with van der Waals surface area (Å²) in [6, 6.07) is 3.39. The third-order valence-corrected chi connectivity index (χ3v) is 7.37. The van der Waals surface area contributed by atoms with Crippen molar-refractivity contribution in [2.45, 2.75) is 75.1 Å². The van der Waals surface area contributed by atoms with Crippen molar-refractivity contribution in [2.24, 2.45) is 0 Å². The predicted molar refractivity (Wildman–Crippen MR) is 168 cm³/mol. The molecule has 2 aliphatic rings. The first-order chi connectivity index (χ1) is 20.4. The Kier molecular flexibility index (Phi) is 9.61. The topological polar surface area (TPSA) is 89.5 Å². The molecule has 0 radical (unpaired) electrons. The van der Waals surface area contributed by atoms with Gasteiger partial charge in [0.05, 0.1) is 11.1 Å². The van der Waals surface area contributed by atoms with E-state index in [4.69, 9.17) is 41.3 Å². The second-order valence-electron chi connectivity index (χ2n) is 12.5. The molecule has 0 bridgehead atoms. The van der Waals surface area contributed by atoms with Gasteiger partial charge in [-0.25, -0.2) is 9.59 Å². The van der Waals surface area contributed by atoms with Gasteiger partial charge in [-0.3, -0.25) is 0 Å². The third kappa shape index (κ3) is 6.60. The second kappa shape index (κ2) is 12.2. The van der Waals surface area contributed by atoms with Crippen molar-refractivity contribution >= 4 is 11.9 Å². The van der Waals surface area contributed by atoms with Crippen LogP contribution >= 0.6 is 0 Å². The van der Waals surface area contributed by atoms with E-state index in [1.165, 1.54) is 28.4 Å². The molecule has 1 aromatic carbocycles. The zero-order chi connectivity index (χ0) is 33.2. The molecule has 1 aromatic rings. The van der Waals surface area contributed by atoms with E-state index >= 15 is 0 Å². The average molecular weight is 603 g/mol. The van der Waals surface area contributed by atoms with Crippen LogP contribution in [0.2, 0.25) is 0 Å². The molecule has 0 aromatic heterocycles. The SMILES string of the molecule is C#CC1(OC)C=CC(OC)(c2ccc(C3(OC)C=CC(C#C)(OC)C=C3)c(C(=O)OC(C)(C)C)c2C(=O)OC(C)(C)C)C=C1. The number of methoxy groups -OCH3 is 4. The van der Waals surface area contributed by atoms with Crippen molar-refractivity contribution in [3.63, 3.8) is 0 Å². The standard InChI is InChI=1S/C36H42O8/c1-13-33(39-9)17-21-35(41-11,22-18-33)25-15-16-26(36(42-12)23-19-34(14-2,40-10)20-24-36)28(30(38)44-32(6,7)8)27(25)29(37)43-31(3,4)5/h1-2,15-24H,3-12H3. The van der Waals surface area contributed by atoms with E-state index in [1.54, 1.807) is 102 Å². The van der Waals surface area contributed by atoms with Crippen LogP contribution in [0.3, 0.4) is 0 Å². The average Bonchev–Trinajstić information content (AvgIpc) is 2.98. The lowest BCUT2D eigenvalue weighted by atomic mass is 9.76. The third-order valence-electron chi connectivity index (χ3n) is 7.37. The van der Waals surface area contributed by atoms with E-state index in [1.807, 2.05) is 0 Å². The number of ether oxygens (including phenoxy) is 6. The highest BCUT2D eigenvalue weighted by molar-refractivity contribution is 6.06. The minimum Gasteiger partial charge on any atom is -0.456 e. The highest BCUT2D eigenvalue weighted by Crippen LogP contribution is 2.44. The van der Waals surface area contributed by atoms with Crippen LogP contribution in [-0.4, -0.2) is 62.8 Å². The highest BCUT2D eigenvalue weighted by atomic mass is 16.6. The van der Waals surface area contributed by atoms with Crippen LogP contribution in [0.1, 0.15) is 73.4 Å². The second-order valence-corrected chi connectivity index (χ2v) is 12.5. The molecule has 8 nitrogen and oxygen atoms in total. The van der Waals surface area contributed by atoms with Crippen molar-refractivity contribution in [1.29, 1.82) is 0 Å². The fourth-order valence-corrected chi connectivity index (χ4v) is 4.98. The maximum absolute atomic E-state index is 14.2. The van der Waals surface area contributed by atoms with Gasteiger partial charge in [-0.2, -0.15) is 0 Å². The Bertz CT molecular complexity index is 1350. The minimum absolute atomic E-state index is 0.0628. The first-order valence-electron chi connectivity index (χ1n) is 14.1. The normalized spacial score (nSPS) is 27.8. The molecule has 0 saturated heterocycles. The Morgan fingerprint density at radius 1 is 0.568 bits per heavy atom. The van der Waals surface area contributed by atoms with Crippen LogP contribution in [0.25, 0.3) is 0 Å². The van der Waals surface area contributed by atoms with Gasteiger partial charge in [0.15, 0.2) is 11.2 Å². The molecule has 0 heterocycles. The summed E-state index contributed by atoms with van der Waals surface area (Å²) in [5, 5.41) is 0. The molecule has 3 rings (SSSR count). The number of rotatable bonds is 8. The maximum Gasteiger partial charge on any atom is 0.339 e. The number of benzene rings is 1. The molecule has 0 atom stereocenters. The van der Waals surface area contributed by atoms with E-state index in [9.17, 15) is 9.59 Å². The van der Waals surface area contributed by atoms with Gasteiger partial charge in [-0.05, 0) is 90.2 Å². The maximum atomic E-state index is 14.2. The summed E-state index contributed by atoms with van der Waals surface area (Å²) in [6.45, 7) is 10.4. The predicted octanol–water partition coefficient (Wildman–Crippen LogP) is 5.57. The van der Waals surface area contributed by atoms with E-state index in [0.717, 1.165) is 0 Å². The number of hydrogen-bond acceptors (Lipinski definition) is 8. The summed E-state index contributed by atoms with van der Waals surface area (Å²) in [5.41, 5.74) is -6.22. The fraction of sp³-hybridized carbons (Fsp3) is 0.444. The molecule has 234 valence electrons. The lowest BCUT2D eigenvalue weighted by Crippen LogP contribution is -2.39. The number of esters is 2. The number of terminal acetylenes is 2. The number of carbonyl (C=O) groups is 2. The number of carbonyl (C=O) groups excluding carboxylic acids is 2. The number of hydrogen-bond donors (Lipinski definition) is 0. The Balaban J connectivity index is 2.48. The van der Waals surface area contributed by atoms with Crippen molar-refractivity contribution in [2.75, 3.05) is 28.4 Å². The molecule has 0 aliphatic heterocycles. The molecular formula is C36H42O8. The fourth-order valence-electron chi connectivity index (χ4n) is 4.98. The van der Waals surface area contributed by atoms with Gasteiger partial charge in [0, 0.05) is 39.6 Å². The van der Waals surface area contributed by atoms with Gasteiger partial charge < -0.3 is 28.4 Å². The summed E-state index contributed by atoms with van der Waals surface area (Å²) in [4.78, 5) is 28.4. The summed E-state index contributed by atoms with van der Waals surface area (Å²) in [5.74, 6) is 3.69. The van der Waals surface area contributed by atoms with E-state index in [-0.39, 0.29) is 11.1 Å². The molecule has 8 heteroatoms. The van der Waals surface area contributed by atoms with Crippen LogP contribution in [0.4, 0.5) is 0 Å². The first kappa shape index (κ1) is 34.6. The monoisotopic (exact) mass is 602 g/mol. The van der Waals surface area contributed by atoms with Gasteiger partial charge >= 0.3 is 11.9 Å². The summed E-state index contributed by atoms with van der Waals surface area (Å²) < 4.78 is 34.9. The molecule has 44 heavy (non-hydrogen) atoms. The van der Waals surface area contributed by atoms with Gasteiger partial charge in [0.25, 0.3) is 0 Å². The van der Waals surface area contributed by atoms with E-state index in [0.29, 0.717) is 11.1 Å². The smallest absolute Gasteiger partial charge is 0.339 e. The summed E-state index contributed by atoms with van der Waals surface area (Å²) >= 11 is 0. The largest absolute Gasteiger partial charge is 0.456 e. The lowest BCUT2D eigenvalue weighted by Gasteiger charge is -2.38. The van der Waals surface area contributed by atoms with Crippen molar-refractivity contribution in [3.05, 3.63) is 83.0 Å². The van der Waals surface area contributed by atoms with Gasteiger partial charge in [-0.15, -0.1) is 12.8 Å². The van der Waals surface area contributed by atoms with Crippen LogP contribution in [0, 0.1) is 24.7 Å². The molecule has 0 amide bonds. The minimum atomic E-state index is -1.34. The first-order valence-corrected chi connectivity index (χ1v) is 14.1. The molecule has 2 aliphatic carbocycles. The van der Waals surface area contributed by atoms with Gasteiger partial charge in [0.1, 0.15) is 22.4 Å². The summed E-state index contributed by atoms with van der Waals surface area (Å²) in [6.07, 6.45) is 24.9. The quantitative estimate of drug-likeness (QED) is 0.217. The zero-order valence-electron chi connectivity index (χ0n) is 27.2. The lowest BCUT2D eigenvalue weighted by molar-refractivity contribution is -0.000156. The molecule has 0 unspecified atom stereocenters. The molecule has 0 spiro atoms. The van der Waals surface area contributed by atoms with E-state index in [2.05, 4.69) is 11.8 Å². The molecular weight excluding hydrogens is 560 g/mol. The van der Waals surface area contributed by atoms with Crippen molar-refractivity contribution in [1.82, 2.24) is 0 Å². The Morgan fingerprint density at radius 2 is 0.864 bits per heavy atom. The van der Waals surface area contributed by atoms with Crippen molar-refractivity contribution < 1.29 is 38.0 Å². The highest BCUT2D eigenvalue weighted by Gasteiger charge is 2.45. The van der Waals surface area contributed by atoms with Gasteiger partial charge in [-0.1, -0.05) is 24.0 Å². The summed E-state index contributed by atoms with van der Waals surface area (Å²) in [7, 11) is 5.95. The zero-order valence-corrected chi connectivity index (χ0v) is 27.2. The molecule has 0 N–H and O–H groups in total. The van der Waals surface area contributed by atoms with Crippen LogP contribution in [0.15, 0.2) is 60.7 Å². The van der Waals surface area contributed by atoms with E-state index < -0.39 is 45.5 Å². The van der Waals surface area contributed by atoms with Crippen LogP contribution in [-0.2, 0) is 39.6 Å². The van der Waals surface area contributed by atoms with Crippen LogP contribution < -0.4 is 0 Å². The van der Waals surface area contributed by atoms with Gasteiger partial charge in [0.2, 0.25) is 0 Å². The Labute approximate surface area is 261 Å². The molecule has 0 fully saturated rings. The van der Waals surface area contributed by atoms with Crippen molar-refractivity contribution in [3.8, 4) is 24.7 Å². The Hall–Kier alpha value is -3.92.